The van der Waals surface area contributed by atoms with Crippen molar-refractivity contribution in [2.24, 2.45) is 11.8 Å². The lowest BCUT2D eigenvalue weighted by Gasteiger charge is -2.34. The Kier molecular flexibility index (Phi) is 4.87. The van der Waals surface area contributed by atoms with Crippen LogP contribution in [0.25, 0.3) is 0 Å². The first kappa shape index (κ1) is 13.4. The minimum Gasteiger partial charge on any atom is -0.313 e. The zero-order valence-electron chi connectivity index (χ0n) is 11.9. The Morgan fingerprint density at radius 2 is 1.88 bits per heavy atom. The number of hydrogen-bond donors (Lipinski definition) is 1. The maximum atomic E-state index is 3.72. The SMILES string of the molecule is CCNC1CCCCCC1N(C)CC1CC1C. The Hall–Kier alpha value is -0.0800. The van der Waals surface area contributed by atoms with E-state index in [4.69, 9.17) is 0 Å². The molecule has 17 heavy (non-hydrogen) atoms. The number of likely N-dealkylation sites (N-methyl/N-ethyl adjacent to an activating group) is 2. The molecule has 0 amide bonds. The summed E-state index contributed by atoms with van der Waals surface area (Å²) in [6, 6.07) is 1.52. The van der Waals surface area contributed by atoms with Crippen LogP contribution in [0.4, 0.5) is 0 Å². The molecule has 2 rings (SSSR count). The van der Waals surface area contributed by atoms with Crippen molar-refractivity contribution in [2.75, 3.05) is 20.1 Å². The van der Waals surface area contributed by atoms with Crippen molar-refractivity contribution in [2.45, 2.75) is 64.5 Å². The van der Waals surface area contributed by atoms with Crippen molar-refractivity contribution in [3.05, 3.63) is 0 Å². The van der Waals surface area contributed by atoms with Gasteiger partial charge in [-0.3, -0.25) is 0 Å². The lowest BCUT2D eigenvalue weighted by atomic mass is 10.0. The second kappa shape index (κ2) is 6.19. The second-order valence-corrected chi connectivity index (χ2v) is 6.28. The van der Waals surface area contributed by atoms with Crippen LogP contribution in [0.15, 0.2) is 0 Å². The Morgan fingerprint density at radius 1 is 1.18 bits per heavy atom. The molecule has 0 aliphatic heterocycles. The van der Waals surface area contributed by atoms with Gasteiger partial charge in [-0.25, -0.2) is 0 Å². The van der Waals surface area contributed by atoms with Crippen LogP contribution in [0, 0.1) is 11.8 Å². The maximum Gasteiger partial charge on any atom is 0.0246 e. The topological polar surface area (TPSA) is 15.3 Å². The third-order valence-electron chi connectivity index (χ3n) is 4.81. The second-order valence-electron chi connectivity index (χ2n) is 6.28. The fraction of sp³-hybridized carbons (Fsp3) is 1.00. The molecule has 4 atom stereocenters. The first-order valence-electron chi connectivity index (χ1n) is 7.66. The molecule has 1 N–H and O–H groups in total. The van der Waals surface area contributed by atoms with Gasteiger partial charge in [0, 0.05) is 18.6 Å². The van der Waals surface area contributed by atoms with Crippen LogP contribution in [0.2, 0.25) is 0 Å². The van der Waals surface area contributed by atoms with E-state index in [1.54, 1.807) is 0 Å². The summed E-state index contributed by atoms with van der Waals surface area (Å²) in [5.41, 5.74) is 0. The molecule has 0 aromatic heterocycles. The first-order chi connectivity index (χ1) is 8.22. The zero-order chi connectivity index (χ0) is 12.3. The molecule has 2 saturated carbocycles. The van der Waals surface area contributed by atoms with Crippen molar-refractivity contribution in [1.82, 2.24) is 10.2 Å². The molecule has 0 spiro atoms. The summed E-state index contributed by atoms with van der Waals surface area (Å²) in [7, 11) is 2.35. The quantitative estimate of drug-likeness (QED) is 0.741. The highest BCUT2D eigenvalue weighted by molar-refractivity contribution is 4.90. The normalized spacial score (nSPS) is 38.1. The minimum atomic E-state index is 0.738. The van der Waals surface area contributed by atoms with Gasteiger partial charge in [-0.2, -0.15) is 0 Å². The zero-order valence-corrected chi connectivity index (χ0v) is 11.9. The van der Waals surface area contributed by atoms with E-state index in [2.05, 4.69) is 31.1 Å². The molecule has 2 aliphatic carbocycles. The van der Waals surface area contributed by atoms with Gasteiger partial charge < -0.3 is 10.2 Å². The molecule has 100 valence electrons. The fourth-order valence-electron chi connectivity index (χ4n) is 3.47. The standard InChI is InChI=1S/C15H30N2/c1-4-16-14-8-6-5-7-9-15(14)17(3)11-13-10-12(13)2/h12-16H,4-11H2,1-3H3. The Bertz CT molecular complexity index is 229. The van der Waals surface area contributed by atoms with Crippen LogP contribution >= 0.6 is 0 Å². The van der Waals surface area contributed by atoms with Crippen molar-refractivity contribution in [1.29, 1.82) is 0 Å². The fourth-order valence-corrected chi connectivity index (χ4v) is 3.47. The van der Waals surface area contributed by atoms with Gasteiger partial charge >= 0.3 is 0 Å². The van der Waals surface area contributed by atoms with E-state index in [9.17, 15) is 0 Å². The summed E-state index contributed by atoms with van der Waals surface area (Å²) < 4.78 is 0. The summed E-state index contributed by atoms with van der Waals surface area (Å²) in [6.07, 6.45) is 8.52. The van der Waals surface area contributed by atoms with Crippen molar-refractivity contribution >= 4 is 0 Å². The van der Waals surface area contributed by atoms with Gasteiger partial charge in [-0.1, -0.05) is 33.1 Å². The highest BCUT2D eigenvalue weighted by Gasteiger charge is 2.36. The molecule has 4 unspecified atom stereocenters. The summed E-state index contributed by atoms with van der Waals surface area (Å²) in [5.74, 6) is 1.98. The van der Waals surface area contributed by atoms with Crippen LogP contribution in [0.1, 0.15) is 52.4 Å². The summed E-state index contributed by atoms with van der Waals surface area (Å²) >= 11 is 0. The molecule has 2 nitrogen and oxygen atoms in total. The number of hydrogen-bond acceptors (Lipinski definition) is 2. The largest absolute Gasteiger partial charge is 0.313 e. The molecule has 2 fully saturated rings. The average molecular weight is 238 g/mol. The van der Waals surface area contributed by atoms with Gasteiger partial charge in [0.05, 0.1) is 0 Å². The van der Waals surface area contributed by atoms with Crippen LogP contribution in [0.5, 0.6) is 0 Å². The van der Waals surface area contributed by atoms with Gasteiger partial charge in [0.15, 0.2) is 0 Å². The molecule has 2 heteroatoms. The average Bonchev–Trinajstić information content (AvgIpc) is 3.02. The Balaban J connectivity index is 1.88. The van der Waals surface area contributed by atoms with Crippen LogP contribution in [-0.4, -0.2) is 37.1 Å². The van der Waals surface area contributed by atoms with Gasteiger partial charge in [-0.05, 0) is 44.7 Å². The van der Waals surface area contributed by atoms with E-state index in [1.165, 1.54) is 45.1 Å². The predicted octanol–water partition coefficient (Wildman–Crippen LogP) is 2.89. The van der Waals surface area contributed by atoms with E-state index in [-0.39, 0.29) is 0 Å². The molecule has 0 radical (unpaired) electrons. The lowest BCUT2D eigenvalue weighted by Crippen LogP contribution is -2.48. The van der Waals surface area contributed by atoms with E-state index in [0.717, 1.165) is 30.5 Å². The molecule has 0 saturated heterocycles. The van der Waals surface area contributed by atoms with Crippen molar-refractivity contribution < 1.29 is 0 Å². The molecule has 0 bridgehead atoms. The van der Waals surface area contributed by atoms with E-state index < -0.39 is 0 Å². The smallest absolute Gasteiger partial charge is 0.0246 e. The van der Waals surface area contributed by atoms with Gasteiger partial charge in [0.1, 0.15) is 0 Å². The van der Waals surface area contributed by atoms with Crippen LogP contribution in [-0.2, 0) is 0 Å². The highest BCUT2D eigenvalue weighted by atomic mass is 15.2. The summed E-state index contributed by atoms with van der Waals surface area (Å²) in [6.45, 7) is 7.08. The number of rotatable bonds is 5. The molecular weight excluding hydrogens is 208 g/mol. The molecule has 0 aromatic rings. The van der Waals surface area contributed by atoms with Gasteiger partial charge in [0.25, 0.3) is 0 Å². The highest BCUT2D eigenvalue weighted by Crippen LogP contribution is 2.38. The third-order valence-corrected chi connectivity index (χ3v) is 4.81. The number of nitrogens with one attached hydrogen (secondary N) is 1. The predicted molar refractivity (Wildman–Crippen MR) is 74.2 cm³/mol. The van der Waals surface area contributed by atoms with E-state index in [0.29, 0.717) is 0 Å². The van der Waals surface area contributed by atoms with Crippen LogP contribution < -0.4 is 5.32 Å². The van der Waals surface area contributed by atoms with Gasteiger partial charge in [-0.15, -0.1) is 0 Å². The van der Waals surface area contributed by atoms with Crippen LogP contribution in [0.3, 0.4) is 0 Å². The summed E-state index contributed by atoms with van der Waals surface area (Å²) in [4.78, 5) is 2.66. The number of nitrogens with zero attached hydrogens (tertiary/aromatic N) is 1. The lowest BCUT2D eigenvalue weighted by molar-refractivity contribution is 0.174. The van der Waals surface area contributed by atoms with Crippen molar-refractivity contribution in [3.8, 4) is 0 Å². The molecular formula is C15H30N2. The molecule has 0 aromatic carbocycles. The van der Waals surface area contributed by atoms with Crippen molar-refractivity contribution in [3.63, 3.8) is 0 Å². The molecule has 0 heterocycles. The third kappa shape index (κ3) is 3.69. The summed E-state index contributed by atoms with van der Waals surface area (Å²) in [5, 5.41) is 3.72. The minimum absolute atomic E-state index is 0.738. The van der Waals surface area contributed by atoms with E-state index >= 15 is 0 Å². The Morgan fingerprint density at radius 3 is 2.53 bits per heavy atom. The van der Waals surface area contributed by atoms with Gasteiger partial charge in [0.2, 0.25) is 0 Å². The van der Waals surface area contributed by atoms with E-state index in [1.807, 2.05) is 0 Å². The Labute approximate surface area is 107 Å². The molecule has 2 aliphatic rings. The first-order valence-corrected chi connectivity index (χ1v) is 7.66. The monoisotopic (exact) mass is 238 g/mol. The maximum absolute atomic E-state index is 3.72.